The number of hydrogen-bond acceptors (Lipinski definition) is 6. The third-order valence-electron chi connectivity index (χ3n) is 4.23. The lowest BCUT2D eigenvalue weighted by Gasteiger charge is -2.22. The summed E-state index contributed by atoms with van der Waals surface area (Å²) in [4.78, 5) is 2.03. The van der Waals surface area contributed by atoms with Crippen LogP contribution >= 0.6 is 0 Å². The van der Waals surface area contributed by atoms with Gasteiger partial charge in [0.1, 0.15) is 18.5 Å². The summed E-state index contributed by atoms with van der Waals surface area (Å²) in [6.07, 6.45) is -0.633. The van der Waals surface area contributed by atoms with Crippen molar-refractivity contribution in [3.8, 4) is 23.3 Å². The van der Waals surface area contributed by atoms with E-state index in [0.717, 1.165) is 11.1 Å². The Balaban J connectivity index is 1.89. The molecule has 0 saturated carbocycles. The summed E-state index contributed by atoms with van der Waals surface area (Å²) in [6.45, 7) is 3.33. The molecule has 0 aliphatic rings. The van der Waals surface area contributed by atoms with Crippen LogP contribution < -0.4 is 14.2 Å². The highest BCUT2D eigenvalue weighted by Gasteiger charge is 2.13. The molecular formula is C21H26N2O4. The number of rotatable bonds is 9. The van der Waals surface area contributed by atoms with Crippen molar-refractivity contribution in [1.82, 2.24) is 4.90 Å². The highest BCUT2D eigenvalue weighted by Crippen LogP contribution is 2.30. The summed E-state index contributed by atoms with van der Waals surface area (Å²) >= 11 is 0. The Morgan fingerprint density at radius 1 is 1.11 bits per heavy atom. The van der Waals surface area contributed by atoms with Gasteiger partial charge in [-0.1, -0.05) is 0 Å². The van der Waals surface area contributed by atoms with Gasteiger partial charge in [0.15, 0.2) is 11.5 Å². The Kier molecular flexibility index (Phi) is 7.47. The smallest absolute Gasteiger partial charge is 0.161 e. The molecule has 0 aliphatic heterocycles. The number of likely N-dealkylation sites (N-methyl/N-ethyl adjacent to an activating group) is 1. The van der Waals surface area contributed by atoms with Gasteiger partial charge in [0.25, 0.3) is 0 Å². The number of benzene rings is 2. The van der Waals surface area contributed by atoms with E-state index in [0.29, 0.717) is 35.9 Å². The molecule has 0 bridgehead atoms. The Labute approximate surface area is 160 Å². The summed E-state index contributed by atoms with van der Waals surface area (Å²) in [5, 5.41) is 19.0. The van der Waals surface area contributed by atoms with Crippen molar-refractivity contribution in [3.63, 3.8) is 0 Å². The van der Waals surface area contributed by atoms with Gasteiger partial charge in [0.05, 0.1) is 25.9 Å². The first-order chi connectivity index (χ1) is 13.0. The number of ether oxygens (including phenoxy) is 3. The van der Waals surface area contributed by atoms with Crippen LogP contribution in [0.25, 0.3) is 0 Å². The molecule has 6 heteroatoms. The molecule has 27 heavy (non-hydrogen) atoms. The van der Waals surface area contributed by atoms with Crippen molar-refractivity contribution in [2.24, 2.45) is 0 Å². The van der Waals surface area contributed by atoms with E-state index in [1.165, 1.54) is 0 Å². The molecule has 1 N–H and O–H groups in total. The molecule has 0 fully saturated rings. The predicted octanol–water partition coefficient (Wildman–Crippen LogP) is 2.76. The van der Waals surface area contributed by atoms with E-state index in [1.807, 2.05) is 31.0 Å². The standard InChI is InChI=1S/C21H26N2O4/c1-15-9-20(25-3)21(26-4)10-17(15)12-23(2)13-18(24)14-27-19-7-5-16(11-22)6-8-19/h5-10,18,24H,12-14H2,1-4H3/t18-/m0/s1. The third kappa shape index (κ3) is 5.88. The zero-order valence-electron chi connectivity index (χ0n) is 16.2. The van der Waals surface area contributed by atoms with Crippen molar-refractivity contribution >= 4 is 0 Å². The van der Waals surface area contributed by atoms with Crippen molar-refractivity contribution in [3.05, 3.63) is 53.1 Å². The minimum Gasteiger partial charge on any atom is -0.493 e. The van der Waals surface area contributed by atoms with E-state index in [-0.39, 0.29) is 6.61 Å². The Morgan fingerprint density at radius 3 is 2.33 bits per heavy atom. The lowest BCUT2D eigenvalue weighted by Crippen LogP contribution is -2.33. The SMILES string of the molecule is COc1cc(C)c(CN(C)C[C@H](O)COc2ccc(C#N)cc2)cc1OC. The highest BCUT2D eigenvalue weighted by atomic mass is 16.5. The second kappa shape index (κ2) is 9.81. The van der Waals surface area contributed by atoms with Gasteiger partial charge in [0, 0.05) is 13.1 Å². The van der Waals surface area contributed by atoms with Crippen LogP contribution in [0.3, 0.4) is 0 Å². The van der Waals surface area contributed by atoms with Gasteiger partial charge in [-0.05, 0) is 61.5 Å². The van der Waals surface area contributed by atoms with Crippen molar-refractivity contribution in [1.29, 1.82) is 5.26 Å². The fraction of sp³-hybridized carbons (Fsp3) is 0.381. The second-order valence-electron chi connectivity index (χ2n) is 6.43. The van der Waals surface area contributed by atoms with Gasteiger partial charge in [0.2, 0.25) is 0 Å². The minimum absolute atomic E-state index is 0.182. The first-order valence-electron chi connectivity index (χ1n) is 8.68. The molecular weight excluding hydrogens is 344 g/mol. The van der Waals surface area contributed by atoms with E-state index in [1.54, 1.807) is 38.5 Å². The molecule has 0 heterocycles. The lowest BCUT2D eigenvalue weighted by molar-refractivity contribution is 0.0743. The van der Waals surface area contributed by atoms with Crippen molar-refractivity contribution in [2.45, 2.75) is 19.6 Å². The molecule has 0 aromatic heterocycles. The van der Waals surface area contributed by atoms with Gasteiger partial charge in [-0.15, -0.1) is 0 Å². The van der Waals surface area contributed by atoms with Gasteiger partial charge >= 0.3 is 0 Å². The maximum atomic E-state index is 10.2. The van der Waals surface area contributed by atoms with Crippen molar-refractivity contribution in [2.75, 3.05) is 34.4 Å². The topological polar surface area (TPSA) is 75.0 Å². The number of nitriles is 1. The monoisotopic (exact) mass is 370 g/mol. The van der Waals surface area contributed by atoms with Crippen LogP contribution in [-0.4, -0.2) is 50.5 Å². The summed E-state index contributed by atoms with van der Waals surface area (Å²) < 4.78 is 16.3. The Bertz CT molecular complexity index is 784. The fourth-order valence-corrected chi connectivity index (χ4v) is 2.78. The molecule has 0 unspecified atom stereocenters. The van der Waals surface area contributed by atoms with E-state index in [9.17, 15) is 5.11 Å². The van der Waals surface area contributed by atoms with E-state index >= 15 is 0 Å². The van der Waals surface area contributed by atoms with Crippen molar-refractivity contribution < 1.29 is 19.3 Å². The molecule has 0 radical (unpaired) electrons. The van der Waals surface area contributed by atoms with E-state index in [4.69, 9.17) is 19.5 Å². The average molecular weight is 370 g/mol. The van der Waals surface area contributed by atoms with Crippen LogP contribution in [0.15, 0.2) is 36.4 Å². The van der Waals surface area contributed by atoms with Gasteiger partial charge in [-0.2, -0.15) is 5.26 Å². The zero-order chi connectivity index (χ0) is 19.8. The van der Waals surface area contributed by atoms with Gasteiger partial charge in [-0.3, -0.25) is 4.90 Å². The maximum absolute atomic E-state index is 10.2. The maximum Gasteiger partial charge on any atom is 0.161 e. The molecule has 0 amide bonds. The van der Waals surface area contributed by atoms with Crippen LogP contribution in [0.2, 0.25) is 0 Å². The predicted molar refractivity (Wildman–Crippen MR) is 103 cm³/mol. The molecule has 0 aliphatic carbocycles. The molecule has 2 aromatic rings. The molecule has 0 saturated heterocycles. The normalized spacial score (nSPS) is 11.7. The minimum atomic E-state index is -0.633. The number of aryl methyl sites for hydroxylation is 1. The van der Waals surface area contributed by atoms with Crippen LogP contribution in [0.5, 0.6) is 17.2 Å². The highest BCUT2D eigenvalue weighted by molar-refractivity contribution is 5.47. The van der Waals surface area contributed by atoms with Gasteiger partial charge < -0.3 is 19.3 Å². The second-order valence-corrected chi connectivity index (χ2v) is 6.43. The molecule has 144 valence electrons. The van der Waals surface area contributed by atoms with E-state index < -0.39 is 6.10 Å². The van der Waals surface area contributed by atoms with Crippen LogP contribution in [0.4, 0.5) is 0 Å². The summed E-state index contributed by atoms with van der Waals surface area (Å²) in [5.74, 6) is 2.03. The largest absolute Gasteiger partial charge is 0.493 e. The molecule has 6 nitrogen and oxygen atoms in total. The first-order valence-corrected chi connectivity index (χ1v) is 8.68. The third-order valence-corrected chi connectivity index (χ3v) is 4.23. The quantitative estimate of drug-likeness (QED) is 0.732. The van der Waals surface area contributed by atoms with E-state index in [2.05, 4.69) is 6.07 Å². The first kappa shape index (κ1) is 20.6. The number of aliphatic hydroxyl groups excluding tert-OH is 1. The fourth-order valence-electron chi connectivity index (χ4n) is 2.78. The number of nitrogens with zero attached hydrogens (tertiary/aromatic N) is 2. The molecule has 1 atom stereocenters. The van der Waals surface area contributed by atoms with Crippen LogP contribution in [0, 0.1) is 18.3 Å². The Morgan fingerprint density at radius 2 is 1.74 bits per heavy atom. The summed E-state index contributed by atoms with van der Waals surface area (Å²) in [6, 6.07) is 12.8. The van der Waals surface area contributed by atoms with Gasteiger partial charge in [-0.25, -0.2) is 0 Å². The molecule has 2 aromatic carbocycles. The summed E-state index contributed by atoms with van der Waals surface area (Å²) in [5.41, 5.74) is 2.78. The number of hydrogen-bond donors (Lipinski definition) is 1. The lowest BCUT2D eigenvalue weighted by atomic mass is 10.1. The Hall–Kier alpha value is -2.75. The van der Waals surface area contributed by atoms with Crippen LogP contribution in [-0.2, 0) is 6.54 Å². The molecule has 0 spiro atoms. The van der Waals surface area contributed by atoms with Crippen LogP contribution in [0.1, 0.15) is 16.7 Å². The number of aliphatic hydroxyl groups is 1. The average Bonchev–Trinajstić information content (AvgIpc) is 2.67. The zero-order valence-corrected chi connectivity index (χ0v) is 16.2. The summed E-state index contributed by atoms with van der Waals surface area (Å²) in [7, 11) is 5.18. The molecule has 2 rings (SSSR count). The number of methoxy groups -OCH3 is 2.